The summed E-state index contributed by atoms with van der Waals surface area (Å²) in [5.41, 5.74) is 1.61. The summed E-state index contributed by atoms with van der Waals surface area (Å²) in [5, 5.41) is 1.00. The molecule has 1 saturated heterocycles. The standard InChI is InChI=1S/C17H20N2O3/c1-12-11-16(20)19(15-6-4-3-5-14(12)15)13(2)17(21)18-7-9-22-10-8-18/h3-6,11,13H,7-10H2,1-2H3/t13-/m1/s1. The van der Waals surface area contributed by atoms with Crippen LogP contribution in [0.15, 0.2) is 35.1 Å². The molecule has 22 heavy (non-hydrogen) atoms. The van der Waals surface area contributed by atoms with Gasteiger partial charge in [0.2, 0.25) is 5.91 Å². The van der Waals surface area contributed by atoms with Gasteiger partial charge in [-0.1, -0.05) is 18.2 Å². The van der Waals surface area contributed by atoms with Crippen LogP contribution in [-0.2, 0) is 9.53 Å². The molecule has 1 fully saturated rings. The molecule has 0 saturated carbocycles. The van der Waals surface area contributed by atoms with Crippen molar-refractivity contribution in [3.05, 3.63) is 46.2 Å². The van der Waals surface area contributed by atoms with Crippen molar-refractivity contribution in [3.8, 4) is 0 Å². The van der Waals surface area contributed by atoms with E-state index in [1.807, 2.05) is 31.2 Å². The number of nitrogens with zero attached hydrogens (tertiary/aromatic N) is 2. The van der Waals surface area contributed by atoms with Crippen LogP contribution in [-0.4, -0.2) is 41.7 Å². The summed E-state index contributed by atoms with van der Waals surface area (Å²) in [6.45, 7) is 6.00. The molecule has 0 bridgehead atoms. The van der Waals surface area contributed by atoms with Crippen LogP contribution in [0.3, 0.4) is 0 Å². The van der Waals surface area contributed by atoms with Crippen LogP contribution in [0, 0.1) is 6.92 Å². The topological polar surface area (TPSA) is 51.5 Å². The first kappa shape index (κ1) is 14.8. The average Bonchev–Trinajstić information content (AvgIpc) is 2.55. The van der Waals surface area contributed by atoms with Crippen LogP contribution < -0.4 is 5.56 Å². The summed E-state index contributed by atoms with van der Waals surface area (Å²) in [5.74, 6) is -0.0283. The molecular formula is C17H20N2O3. The quantitative estimate of drug-likeness (QED) is 0.849. The highest BCUT2D eigenvalue weighted by molar-refractivity contribution is 5.86. The molecule has 3 rings (SSSR count). The molecule has 1 aromatic carbocycles. The van der Waals surface area contributed by atoms with Gasteiger partial charge in [-0.3, -0.25) is 14.2 Å². The van der Waals surface area contributed by atoms with Crippen LogP contribution in [0.1, 0.15) is 18.5 Å². The summed E-state index contributed by atoms with van der Waals surface area (Å²) in [6.07, 6.45) is 0. The normalized spacial score (nSPS) is 16.7. The minimum atomic E-state index is -0.518. The molecule has 5 heteroatoms. The zero-order valence-electron chi connectivity index (χ0n) is 12.9. The third-order valence-electron chi connectivity index (χ3n) is 4.23. The molecule has 0 aliphatic carbocycles. The van der Waals surface area contributed by atoms with E-state index in [2.05, 4.69) is 0 Å². The molecule has 1 aliphatic heterocycles. The van der Waals surface area contributed by atoms with Gasteiger partial charge in [0.15, 0.2) is 0 Å². The van der Waals surface area contributed by atoms with Gasteiger partial charge in [-0.2, -0.15) is 0 Å². The number of carbonyl (C=O) groups is 1. The lowest BCUT2D eigenvalue weighted by Crippen LogP contribution is -2.45. The van der Waals surface area contributed by atoms with Gasteiger partial charge in [-0.15, -0.1) is 0 Å². The second-order valence-corrected chi connectivity index (χ2v) is 5.67. The van der Waals surface area contributed by atoms with Crippen molar-refractivity contribution in [2.75, 3.05) is 26.3 Å². The Morgan fingerprint density at radius 2 is 1.91 bits per heavy atom. The predicted molar refractivity (Wildman–Crippen MR) is 85.1 cm³/mol. The second-order valence-electron chi connectivity index (χ2n) is 5.67. The van der Waals surface area contributed by atoms with Crippen molar-refractivity contribution in [1.82, 2.24) is 9.47 Å². The number of amides is 1. The first-order valence-corrected chi connectivity index (χ1v) is 7.57. The van der Waals surface area contributed by atoms with Gasteiger partial charge < -0.3 is 9.64 Å². The lowest BCUT2D eigenvalue weighted by atomic mass is 10.1. The van der Waals surface area contributed by atoms with Gasteiger partial charge >= 0.3 is 0 Å². The molecule has 0 unspecified atom stereocenters. The highest BCUT2D eigenvalue weighted by Crippen LogP contribution is 2.20. The van der Waals surface area contributed by atoms with E-state index in [0.717, 1.165) is 16.5 Å². The van der Waals surface area contributed by atoms with Gasteiger partial charge in [0.25, 0.3) is 5.56 Å². The van der Waals surface area contributed by atoms with Crippen LogP contribution in [0.4, 0.5) is 0 Å². The minimum absolute atomic E-state index is 0.0283. The number of benzene rings is 1. The average molecular weight is 300 g/mol. The Bertz CT molecular complexity index is 760. The number of hydrogen-bond donors (Lipinski definition) is 0. The van der Waals surface area contributed by atoms with Crippen LogP contribution in [0.5, 0.6) is 0 Å². The maximum absolute atomic E-state index is 12.7. The number of morpholine rings is 1. The van der Waals surface area contributed by atoms with Crippen molar-refractivity contribution in [3.63, 3.8) is 0 Å². The molecule has 1 aliphatic rings. The highest BCUT2D eigenvalue weighted by atomic mass is 16.5. The second kappa shape index (κ2) is 5.93. The van der Waals surface area contributed by atoms with Gasteiger partial charge in [-0.25, -0.2) is 0 Å². The summed E-state index contributed by atoms with van der Waals surface area (Å²) in [7, 11) is 0. The van der Waals surface area contributed by atoms with Crippen molar-refractivity contribution < 1.29 is 9.53 Å². The van der Waals surface area contributed by atoms with E-state index in [-0.39, 0.29) is 11.5 Å². The Balaban J connectivity index is 2.05. The van der Waals surface area contributed by atoms with Crippen LogP contribution >= 0.6 is 0 Å². The Hall–Kier alpha value is -2.14. The number of rotatable bonds is 2. The number of pyridine rings is 1. The van der Waals surface area contributed by atoms with E-state index in [0.29, 0.717) is 26.3 Å². The Morgan fingerprint density at radius 1 is 1.23 bits per heavy atom. The van der Waals surface area contributed by atoms with E-state index in [4.69, 9.17) is 4.74 Å². The zero-order valence-corrected chi connectivity index (χ0v) is 12.9. The number of carbonyl (C=O) groups excluding carboxylic acids is 1. The number of aromatic nitrogens is 1. The van der Waals surface area contributed by atoms with E-state index in [1.54, 1.807) is 22.5 Å². The molecule has 0 radical (unpaired) electrons. The molecule has 1 amide bonds. The summed E-state index contributed by atoms with van der Waals surface area (Å²) < 4.78 is 6.88. The lowest BCUT2D eigenvalue weighted by Gasteiger charge is -2.30. The van der Waals surface area contributed by atoms with Crippen LogP contribution in [0.25, 0.3) is 10.9 Å². The van der Waals surface area contributed by atoms with Gasteiger partial charge in [0.05, 0.1) is 18.7 Å². The maximum atomic E-state index is 12.7. The van der Waals surface area contributed by atoms with Gasteiger partial charge in [0, 0.05) is 24.5 Å². The van der Waals surface area contributed by atoms with Gasteiger partial charge in [-0.05, 0) is 25.5 Å². The van der Waals surface area contributed by atoms with Crippen molar-refractivity contribution in [2.24, 2.45) is 0 Å². The maximum Gasteiger partial charge on any atom is 0.252 e. The van der Waals surface area contributed by atoms with Gasteiger partial charge in [0.1, 0.15) is 6.04 Å². The van der Waals surface area contributed by atoms with E-state index in [9.17, 15) is 9.59 Å². The first-order valence-electron chi connectivity index (χ1n) is 7.57. The molecular weight excluding hydrogens is 280 g/mol. The summed E-state index contributed by atoms with van der Waals surface area (Å²) in [4.78, 5) is 26.9. The van der Waals surface area contributed by atoms with E-state index in [1.165, 1.54) is 0 Å². The zero-order chi connectivity index (χ0) is 15.7. The SMILES string of the molecule is Cc1cc(=O)n([C@H](C)C(=O)N2CCOCC2)c2ccccc12. The first-order chi connectivity index (χ1) is 10.6. The molecule has 0 spiro atoms. The van der Waals surface area contributed by atoms with E-state index >= 15 is 0 Å². The van der Waals surface area contributed by atoms with Crippen molar-refractivity contribution in [1.29, 1.82) is 0 Å². The number of ether oxygens (including phenoxy) is 1. The lowest BCUT2D eigenvalue weighted by molar-refractivity contribution is -0.138. The monoisotopic (exact) mass is 300 g/mol. The third kappa shape index (κ3) is 2.52. The molecule has 1 aromatic heterocycles. The Morgan fingerprint density at radius 3 is 2.64 bits per heavy atom. The Kier molecular flexibility index (Phi) is 3.98. The van der Waals surface area contributed by atoms with E-state index < -0.39 is 6.04 Å². The highest BCUT2D eigenvalue weighted by Gasteiger charge is 2.25. The molecule has 5 nitrogen and oxygen atoms in total. The smallest absolute Gasteiger partial charge is 0.252 e. The fourth-order valence-electron chi connectivity index (χ4n) is 3.03. The number of hydrogen-bond acceptors (Lipinski definition) is 3. The third-order valence-corrected chi connectivity index (χ3v) is 4.23. The molecule has 116 valence electrons. The van der Waals surface area contributed by atoms with Crippen LogP contribution in [0.2, 0.25) is 0 Å². The summed E-state index contributed by atoms with van der Waals surface area (Å²) >= 11 is 0. The number of fused-ring (bicyclic) bond motifs is 1. The minimum Gasteiger partial charge on any atom is -0.378 e. The van der Waals surface area contributed by atoms with Crippen molar-refractivity contribution >= 4 is 16.8 Å². The fourth-order valence-corrected chi connectivity index (χ4v) is 3.03. The van der Waals surface area contributed by atoms with Crippen molar-refractivity contribution in [2.45, 2.75) is 19.9 Å². The predicted octanol–water partition coefficient (Wildman–Crippen LogP) is 1.73. The molecule has 2 heterocycles. The Labute approximate surface area is 129 Å². The number of aryl methyl sites for hydroxylation is 1. The largest absolute Gasteiger partial charge is 0.378 e. The molecule has 2 aromatic rings. The summed E-state index contributed by atoms with van der Waals surface area (Å²) in [6, 6.07) is 8.80. The molecule has 1 atom stereocenters. The fraction of sp³-hybridized carbons (Fsp3) is 0.412. The molecule has 0 N–H and O–H groups in total. The number of para-hydroxylation sites is 1.